The summed E-state index contributed by atoms with van der Waals surface area (Å²) in [7, 11) is 1.33. The van der Waals surface area contributed by atoms with Crippen LogP contribution in [0, 0.1) is 0 Å². The highest BCUT2D eigenvalue weighted by Gasteiger charge is 2.09. The van der Waals surface area contributed by atoms with E-state index in [-0.39, 0.29) is 12.4 Å². The van der Waals surface area contributed by atoms with Crippen LogP contribution in [-0.4, -0.2) is 25.5 Å². The number of Topliss-reactive ketones (excluding diaryl/α,β-unsaturated/α-hetero) is 1. The van der Waals surface area contributed by atoms with Crippen LogP contribution in [0.2, 0.25) is 0 Å². The Hall–Kier alpha value is -3.14. The summed E-state index contributed by atoms with van der Waals surface area (Å²) in [6.07, 6.45) is 0. The molecule has 0 amide bonds. The molecule has 0 atom stereocenters. The molecule has 3 aromatic rings. The fraction of sp³-hybridized carbons (Fsp3) is 0.100. The fourth-order valence-corrected chi connectivity index (χ4v) is 2.40. The Morgan fingerprint density at radius 2 is 1.50 bits per heavy atom. The van der Waals surface area contributed by atoms with Gasteiger partial charge in [-0.25, -0.2) is 4.79 Å². The highest BCUT2D eigenvalue weighted by Crippen LogP contribution is 2.17. The summed E-state index contributed by atoms with van der Waals surface area (Å²) in [6.45, 7) is -0.0596. The number of fused-ring (bicyclic) bond motifs is 1. The summed E-state index contributed by atoms with van der Waals surface area (Å²) >= 11 is 0. The van der Waals surface area contributed by atoms with Gasteiger partial charge in [0.15, 0.2) is 12.4 Å². The molecule has 3 aromatic carbocycles. The number of hydrogen-bond acceptors (Lipinski definition) is 4. The summed E-state index contributed by atoms with van der Waals surface area (Å²) < 4.78 is 10.1. The number of carbonyl (C=O) groups excluding carboxylic acids is 2. The van der Waals surface area contributed by atoms with E-state index in [0.29, 0.717) is 16.9 Å². The zero-order chi connectivity index (χ0) is 16.9. The molecular weight excluding hydrogens is 304 g/mol. The van der Waals surface area contributed by atoms with Crippen LogP contribution in [0.3, 0.4) is 0 Å². The number of hydrogen-bond donors (Lipinski definition) is 0. The van der Waals surface area contributed by atoms with Crippen molar-refractivity contribution in [1.82, 2.24) is 0 Å². The van der Waals surface area contributed by atoms with Gasteiger partial charge in [0.2, 0.25) is 0 Å². The molecule has 3 rings (SSSR count). The van der Waals surface area contributed by atoms with Crippen molar-refractivity contribution in [3.05, 3.63) is 77.9 Å². The lowest BCUT2D eigenvalue weighted by Gasteiger charge is -2.07. The van der Waals surface area contributed by atoms with Crippen molar-refractivity contribution in [2.75, 3.05) is 13.7 Å². The Morgan fingerprint density at radius 1 is 0.833 bits per heavy atom. The maximum atomic E-state index is 12.3. The lowest BCUT2D eigenvalue weighted by atomic mass is 10.0. The summed E-state index contributed by atoms with van der Waals surface area (Å²) in [6, 6.07) is 19.9. The quantitative estimate of drug-likeness (QED) is 0.529. The van der Waals surface area contributed by atoms with E-state index in [4.69, 9.17) is 4.74 Å². The third kappa shape index (κ3) is 3.43. The lowest BCUT2D eigenvalue weighted by molar-refractivity contribution is 0.0600. The van der Waals surface area contributed by atoms with E-state index in [1.165, 1.54) is 7.11 Å². The molecule has 0 aromatic heterocycles. The van der Waals surface area contributed by atoms with E-state index in [1.807, 2.05) is 36.4 Å². The number of methoxy groups -OCH3 is 1. The van der Waals surface area contributed by atoms with Crippen LogP contribution in [0.4, 0.5) is 0 Å². The topological polar surface area (TPSA) is 52.6 Å². The normalized spacial score (nSPS) is 10.4. The van der Waals surface area contributed by atoms with E-state index < -0.39 is 5.97 Å². The first-order chi connectivity index (χ1) is 11.7. The first-order valence-corrected chi connectivity index (χ1v) is 7.50. The zero-order valence-electron chi connectivity index (χ0n) is 13.2. The van der Waals surface area contributed by atoms with Crippen LogP contribution in [0.5, 0.6) is 5.75 Å². The van der Waals surface area contributed by atoms with Crippen LogP contribution in [-0.2, 0) is 4.74 Å². The third-order valence-electron chi connectivity index (χ3n) is 3.72. The van der Waals surface area contributed by atoms with Gasteiger partial charge in [0.1, 0.15) is 5.75 Å². The SMILES string of the molecule is COC(=O)c1ccc(OCC(=O)c2ccc3ccccc3c2)cc1. The average molecular weight is 320 g/mol. The van der Waals surface area contributed by atoms with Crippen molar-refractivity contribution in [2.45, 2.75) is 0 Å². The number of benzene rings is 3. The largest absolute Gasteiger partial charge is 0.485 e. The molecular formula is C20H16O4. The Labute approximate surface area is 139 Å². The van der Waals surface area contributed by atoms with Crippen molar-refractivity contribution in [1.29, 1.82) is 0 Å². The Kier molecular flexibility index (Phi) is 4.57. The van der Waals surface area contributed by atoms with Crippen LogP contribution >= 0.6 is 0 Å². The Balaban J connectivity index is 1.67. The lowest BCUT2D eigenvalue weighted by Crippen LogP contribution is -2.11. The van der Waals surface area contributed by atoms with Crippen LogP contribution in [0.15, 0.2) is 66.7 Å². The first-order valence-electron chi connectivity index (χ1n) is 7.50. The van der Waals surface area contributed by atoms with Gasteiger partial charge in [-0.3, -0.25) is 4.79 Å². The number of rotatable bonds is 5. The summed E-state index contributed by atoms with van der Waals surface area (Å²) in [4.78, 5) is 23.6. The minimum atomic E-state index is -0.409. The van der Waals surface area contributed by atoms with Crippen LogP contribution in [0.1, 0.15) is 20.7 Å². The second-order valence-electron chi connectivity index (χ2n) is 5.29. The maximum absolute atomic E-state index is 12.3. The van der Waals surface area contributed by atoms with Gasteiger partial charge in [-0.1, -0.05) is 36.4 Å². The fourth-order valence-electron chi connectivity index (χ4n) is 2.40. The number of ketones is 1. The summed E-state index contributed by atoms with van der Waals surface area (Å²) in [5.74, 6) is 0.0170. The smallest absolute Gasteiger partial charge is 0.337 e. The van der Waals surface area contributed by atoms with E-state index in [0.717, 1.165) is 10.8 Å². The second kappa shape index (κ2) is 6.96. The number of ether oxygens (including phenoxy) is 2. The van der Waals surface area contributed by atoms with Gasteiger partial charge in [-0.05, 0) is 41.1 Å². The van der Waals surface area contributed by atoms with Gasteiger partial charge >= 0.3 is 5.97 Å². The Morgan fingerprint density at radius 3 is 2.21 bits per heavy atom. The monoisotopic (exact) mass is 320 g/mol. The molecule has 4 nitrogen and oxygen atoms in total. The molecule has 0 spiro atoms. The molecule has 0 aliphatic carbocycles. The predicted molar refractivity (Wildman–Crippen MR) is 91.6 cm³/mol. The van der Waals surface area contributed by atoms with E-state index in [1.54, 1.807) is 30.3 Å². The van der Waals surface area contributed by atoms with Gasteiger partial charge in [-0.2, -0.15) is 0 Å². The van der Waals surface area contributed by atoms with Crippen molar-refractivity contribution in [2.24, 2.45) is 0 Å². The zero-order valence-corrected chi connectivity index (χ0v) is 13.2. The second-order valence-corrected chi connectivity index (χ2v) is 5.29. The molecule has 0 radical (unpaired) electrons. The summed E-state index contributed by atoms with van der Waals surface area (Å²) in [5.41, 5.74) is 1.05. The molecule has 0 aliphatic rings. The highest BCUT2D eigenvalue weighted by molar-refractivity contribution is 6.00. The van der Waals surface area contributed by atoms with Crippen molar-refractivity contribution < 1.29 is 19.1 Å². The molecule has 0 heterocycles. The molecule has 120 valence electrons. The summed E-state index contributed by atoms with van der Waals surface area (Å²) in [5, 5.41) is 2.11. The molecule has 0 aliphatic heterocycles. The molecule has 0 bridgehead atoms. The number of carbonyl (C=O) groups is 2. The van der Waals surface area contributed by atoms with E-state index in [9.17, 15) is 9.59 Å². The van der Waals surface area contributed by atoms with Crippen molar-refractivity contribution >= 4 is 22.5 Å². The maximum Gasteiger partial charge on any atom is 0.337 e. The highest BCUT2D eigenvalue weighted by atomic mass is 16.5. The van der Waals surface area contributed by atoms with Gasteiger partial charge in [-0.15, -0.1) is 0 Å². The van der Waals surface area contributed by atoms with E-state index >= 15 is 0 Å². The minimum absolute atomic E-state index is 0.0596. The standard InChI is InChI=1S/C20H16O4/c1-23-20(22)15-8-10-18(11-9-15)24-13-19(21)17-7-6-14-4-2-3-5-16(14)12-17/h2-12H,13H2,1H3. The van der Waals surface area contributed by atoms with Crippen molar-refractivity contribution in [3.8, 4) is 5.75 Å². The molecule has 0 saturated carbocycles. The third-order valence-corrected chi connectivity index (χ3v) is 3.72. The van der Waals surface area contributed by atoms with Crippen LogP contribution < -0.4 is 4.74 Å². The van der Waals surface area contributed by atoms with Gasteiger partial charge in [0.05, 0.1) is 12.7 Å². The predicted octanol–water partition coefficient (Wildman–Crippen LogP) is 3.89. The molecule has 0 unspecified atom stereocenters. The Bertz CT molecular complexity index is 882. The van der Waals surface area contributed by atoms with Gasteiger partial charge in [0.25, 0.3) is 0 Å². The minimum Gasteiger partial charge on any atom is -0.485 e. The number of esters is 1. The average Bonchev–Trinajstić information content (AvgIpc) is 2.65. The van der Waals surface area contributed by atoms with Crippen LogP contribution in [0.25, 0.3) is 10.8 Å². The molecule has 0 saturated heterocycles. The molecule has 0 N–H and O–H groups in total. The van der Waals surface area contributed by atoms with Crippen molar-refractivity contribution in [3.63, 3.8) is 0 Å². The first kappa shape index (κ1) is 15.7. The molecule has 0 fully saturated rings. The van der Waals surface area contributed by atoms with Gasteiger partial charge < -0.3 is 9.47 Å². The van der Waals surface area contributed by atoms with E-state index in [2.05, 4.69) is 4.74 Å². The van der Waals surface area contributed by atoms with Gasteiger partial charge in [0, 0.05) is 5.56 Å². The molecule has 24 heavy (non-hydrogen) atoms. The molecule has 4 heteroatoms.